The summed E-state index contributed by atoms with van der Waals surface area (Å²) in [6.45, 7) is 0.396. The SMILES string of the molecule is N[C@H]1CCO[C@H]2c3ccccc3C(C(=O)N[C@@H]3CCCc4ccccc43)N2C1=O. The number of fused-ring (bicyclic) bond motifs is 4. The fourth-order valence-corrected chi connectivity index (χ4v) is 4.88. The molecule has 1 fully saturated rings. The zero-order valence-electron chi connectivity index (χ0n) is 16.2. The minimum Gasteiger partial charge on any atom is -0.354 e. The summed E-state index contributed by atoms with van der Waals surface area (Å²) in [5, 5.41) is 3.22. The third-order valence-corrected chi connectivity index (χ3v) is 6.30. The molecule has 2 aromatic rings. The Morgan fingerprint density at radius 3 is 2.59 bits per heavy atom. The Morgan fingerprint density at radius 2 is 1.76 bits per heavy atom. The zero-order chi connectivity index (χ0) is 20.0. The van der Waals surface area contributed by atoms with Crippen LogP contribution in [0.1, 0.15) is 59.8 Å². The highest BCUT2D eigenvalue weighted by Gasteiger charge is 2.48. The zero-order valence-corrected chi connectivity index (χ0v) is 16.2. The predicted octanol–water partition coefficient (Wildman–Crippen LogP) is 2.51. The van der Waals surface area contributed by atoms with E-state index in [2.05, 4.69) is 17.4 Å². The van der Waals surface area contributed by atoms with E-state index in [1.807, 2.05) is 36.4 Å². The van der Waals surface area contributed by atoms with Crippen molar-refractivity contribution in [1.82, 2.24) is 10.2 Å². The summed E-state index contributed by atoms with van der Waals surface area (Å²) in [5.41, 5.74) is 10.2. The van der Waals surface area contributed by atoms with E-state index in [-0.39, 0.29) is 17.9 Å². The molecule has 0 spiro atoms. The summed E-state index contributed by atoms with van der Waals surface area (Å²) >= 11 is 0. The molecule has 1 aliphatic carbocycles. The molecule has 5 rings (SSSR count). The summed E-state index contributed by atoms with van der Waals surface area (Å²) in [6.07, 6.45) is 2.86. The molecule has 6 heteroatoms. The van der Waals surface area contributed by atoms with Gasteiger partial charge in [0.25, 0.3) is 0 Å². The second-order valence-corrected chi connectivity index (χ2v) is 8.05. The molecule has 2 heterocycles. The van der Waals surface area contributed by atoms with Gasteiger partial charge in [-0.1, -0.05) is 48.5 Å². The number of rotatable bonds is 2. The lowest BCUT2D eigenvalue weighted by atomic mass is 9.87. The lowest BCUT2D eigenvalue weighted by Crippen LogP contribution is -2.47. The maximum absolute atomic E-state index is 13.5. The fourth-order valence-electron chi connectivity index (χ4n) is 4.88. The Kier molecular flexibility index (Phi) is 4.60. The highest BCUT2D eigenvalue weighted by molar-refractivity contribution is 5.92. The van der Waals surface area contributed by atoms with Crippen LogP contribution in [0.3, 0.4) is 0 Å². The van der Waals surface area contributed by atoms with E-state index >= 15 is 0 Å². The summed E-state index contributed by atoms with van der Waals surface area (Å²) in [5.74, 6) is -0.402. The smallest absolute Gasteiger partial charge is 0.248 e. The Bertz CT molecular complexity index is 960. The first kappa shape index (κ1) is 18.3. The number of aryl methyl sites for hydroxylation is 1. The second-order valence-electron chi connectivity index (χ2n) is 8.05. The third kappa shape index (κ3) is 3.03. The van der Waals surface area contributed by atoms with Crippen molar-refractivity contribution in [2.75, 3.05) is 6.61 Å². The van der Waals surface area contributed by atoms with E-state index < -0.39 is 18.3 Å². The molecule has 2 aliphatic heterocycles. The van der Waals surface area contributed by atoms with Gasteiger partial charge in [0.15, 0.2) is 6.23 Å². The Morgan fingerprint density at radius 1 is 1.03 bits per heavy atom. The number of nitrogens with two attached hydrogens (primary N) is 1. The van der Waals surface area contributed by atoms with Crippen LogP contribution in [-0.4, -0.2) is 29.4 Å². The molecule has 2 amide bonds. The molecule has 0 bridgehead atoms. The van der Waals surface area contributed by atoms with Crippen LogP contribution in [0.2, 0.25) is 0 Å². The second kappa shape index (κ2) is 7.28. The van der Waals surface area contributed by atoms with Crippen molar-refractivity contribution in [2.24, 2.45) is 5.73 Å². The molecular weight excluding hydrogens is 366 g/mol. The van der Waals surface area contributed by atoms with E-state index in [0.29, 0.717) is 13.0 Å². The highest BCUT2D eigenvalue weighted by atomic mass is 16.5. The molecule has 29 heavy (non-hydrogen) atoms. The van der Waals surface area contributed by atoms with Gasteiger partial charge in [-0.3, -0.25) is 14.5 Å². The molecule has 0 saturated carbocycles. The number of nitrogens with zero attached hydrogens (tertiary/aromatic N) is 1. The fraction of sp³-hybridized carbons (Fsp3) is 0.391. The molecular formula is C23H25N3O3. The van der Waals surface area contributed by atoms with Gasteiger partial charge in [-0.05, 0) is 42.4 Å². The Labute approximate surface area is 170 Å². The van der Waals surface area contributed by atoms with Crippen LogP contribution in [-0.2, 0) is 20.7 Å². The van der Waals surface area contributed by atoms with Crippen LogP contribution in [0.4, 0.5) is 0 Å². The average Bonchev–Trinajstić information content (AvgIpc) is 3.00. The van der Waals surface area contributed by atoms with Crippen LogP contribution < -0.4 is 11.1 Å². The first-order chi connectivity index (χ1) is 14.1. The summed E-state index contributed by atoms with van der Waals surface area (Å²) in [6, 6.07) is 14.5. The van der Waals surface area contributed by atoms with E-state index in [4.69, 9.17) is 10.5 Å². The van der Waals surface area contributed by atoms with E-state index in [1.54, 1.807) is 4.90 Å². The normalized spacial score (nSPS) is 28.2. The van der Waals surface area contributed by atoms with Gasteiger partial charge in [0, 0.05) is 5.56 Å². The van der Waals surface area contributed by atoms with Crippen LogP contribution >= 0.6 is 0 Å². The molecule has 2 aromatic carbocycles. The number of amides is 2. The molecule has 1 saturated heterocycles. The maximum Gasteiger partial charge on any atom is 0.248 e. The van der Waals surface area contributed by atoms with Crippen LogP contribution in [0.5, 0.6) is 0 Å². The van der Waals surface area contributed by atoms with Crippen LogP contribution in [0.15, 0.2) is 48.5 Å². The van der Waals surface area contributed by atoms with Gasteiger partial charge in [-0.25, -0.2) is 0 Å². The Hall–Kier alpha value is -2.70. The minimum absolute atomic E-state index is 0.0460. The van der Waals surface area contributed by atoms with E-state index in [0.717, 1.165) is 30.4 Å². The molecule has 1 unspecified atom stereocenters. The molecule has 6 nitrogen and oxygen atoms in total. The van der Waals surface area contributed by atoms with Crippen molar-refractivity contribution in [3.8, 4) is 0 Å². The van der Waals surface area contributed by atoms with Crippen molar-refractivity contribution < 1.29 is 14.3 Å². The predicted molar refractivity (Wildman–Crippen MR) is 108 cm³/mol. The first-order valence-electron chi connectivity index (χ1n) is 10.3. The first-order valence-corrected chi connectivity index (χ1v) is 10.3. The van der Waals surface area contributed by atoms with Gasteiger partial charge in [-0.2, -0.15) is 0 Å². The number of ether oxygens (including phenoxy) is 1. The topological polar surface area (TPSA) is 84.7 Å². The molecule has 4 atom stereocenters. The number of benzene rings is 2. The quantitative estimate of drug-likeness (QED) is 0.824. The number of carbonyl (C=O) groups is 2. The number of carbonyl (C=O) groups excluding carboxylic acids is 2. The van der Waals surface area contributed by atoms with Gasteiger partial charge in [0.2, 0.25) is 11.8 Å². The van der Waals surface area contributed by atoms with Gasteiger partial charge < -0.3 is 15.8 Å². The number of hydrogen-bond acceptors (Lipinski definition) is 4. The van der Waals surface area contributed by atoms with Crippen molar-refractivity contribution in [3.63, 3.8) is 0 Å². The highest BCUT2D eigenvalue weighted by Crippen LogP contribution is 2.44. The summed E-state index contributed by atoms with van der Waals surface area (Å²) < 4.78 is 5.97. The molecule has 0 radical (unpaired) electrons. The lowest BCUT2D eigenvalue weighted by molar-refractivity contribution is -0.152. The van der Waals surface area contributed by atoms with Crippen molar-refractivity contribution in [2.45, 2.75) is 50.0 Å². The number of hydrogen-bond donors (Lipinski definition) is 2. The van der Waals surface area contributed by atoms with E-state index in [9.17, 15) is 9.59 Å². The van der Waals surface area contributed by atoms with Crippen LogP contribution in [0, 0.1) is 0 Å². The third-order valence-electron chi connectivity index (χ3n) is 6.30. The van der Waals surface area contributed by atoms with Gasteiger partial charge in [0.1, 0.15) is 6.04 Å². The average molecular weight is 391 g/mol. The molecule has 3 N–H and O–H groups in total. The van der Waals surface area contributed by atoms with Gasteiger partial charge >= 0.3 is 0 Å². The van der Waals surface area contributed by atoms with E-state index in [1.165, 1.54) is 11.1 Å². The van der Waals surface area contributed by atoms with Crippen molar-refractivity contribution in [1.29, 1.82) is 0 Å². The van der Waals surface area contributed by atoms with Crippen molar-refractivity contribution >= 4 is 11.8 Å². The largest absolute Gasteiger partial charge is 0.354 e. The lowest BCUT2D eigenvalue weighted by Gasteiger charge is -2.32. The minimum atomic E-state index is -0.720. The van der Waals surface area contributed by atoms with Gasteiger partial charge in [0.05, 0.1) is 18.7 Å². The molecule has 150 valence electrons. The summed E-state index contributed by atoms with van der Waals surface area (Å²) in [7, 11) is 0. The standard InChI is InChI=1S/C23H25N3O3/c24-18-12-13-29-23-17-10-4-3-9-16(17)20(26(23)22(18)28)21(27)25-19-11-5-7-14-6-1-2-8-15(14)19/h1-4,6,8-10,18-20,23H,5,7,11-13,24H2,(H,25,27)/t18-,19+,20?,23-/m0/s1. The molecule has 3 aliphatic rings. The van der Waals surface area contributed by atoms with Gasteiger partial charge in [-0.15, -0.1) is 0 Å². The maximum atomic E-state index is 13.5. The van der Waals surface area contributed by atoms with Crippen molar-refractivity contribution in [3.05, 3.63) is 70.8 Å². The number of nitrogens with one attached hydrogen (secondary N) is 1. The molecule has 0 aromatic heterocycles. The summed E-state index contributed by atoms with van der Waals surface area (Å²) in [4.78, 5) is 28.1. The monoisotopic (exact) mass is 391 g/mol. The Balaban J connectivity index is 1.49. The van der Waals surface area contributed by atoms with Crippen LogP contribution in [0.25, 0.3) is 0 Å².